The van der Waals surface area contributed by atoms with Gasteiger partial charge in [-0.15, -0.1) is 0 Å². The Morgan fingerprint density at radius 3 is 2.79 bits per heavy atom. The summed E-state index contributed by atoms with van der Waals surface area (Å²) in [5.41, 5.74) is 4.46. The van der Waals surface area contributed by atoms with Crippen molar-refractivity contribution in [1.82, 2.24) is 19.9 Å². The van der Waals surface area contributed by atoms with Crippen LogP contribution >= 0.6 is 0 Å². The van der Waals surface area contributed by atoms with E-state index in [2.05, 4.69) is 23.3 Å². The number of hydrogen-bond acceptors (Lipinski definition) is 5. The summed E-state index contributed by atoms with van der Waals surface area (Å²) in [5.74, 6) is 0.529. The summed E-state index contributed by atoms with van der Waals surface area (Å²) in [4.78, 5) is 18.4. The van der Waals surface area contributed by atoms with Crippen LogP contribution < -0.4 is 5.48 Å². The van der Waals surface area contributed by atoms with Gasteiger partial charge in [0.2, 0.25) is 0 Å². The third kappa shape index (κ3) is 6.15. The Labute approximate surface area is 166 Å². The predicted octanol–water partition coefficient (Wildman–Crippen LogP) is 2.60. The summed E-state index contributed by atoms with van der Waals surface area (Å²) in [5, 5.41) is 17.7. The van der Waals surface area contributed by atoms with E-state index in [9.17, 15) is 4.79 Å². The predicted molar refractivity (Wildman–Crippen MR) is 111 cm³/mol. The summed E-state index contributed by atoms with van der Waals surface area (Å²) < 4.78 is 2.29. The van der Waals surface area contributed by atoms with Crippen LogP contribution in [0, 0.1) is 0 Å². The zero-order chi connectivity index (χ0) is 20.4. The van der Waals surface area contributed by atoms with Crippen LogP contribution in [-0.4, -0.2) is 56.9 Å². The fourth-order valence-electron chi connectivity index (χ4n) is 3.25. The first kappa shape index (κ1) is 22.1. The van der Waals surface area contributed by atoms with Gasteiger partial charge in [-0.2, -0.15) is 0 Å². The van der Waals surface area contributed by atoms with E-state index >= 15 is 0 Å². The van der Waals surface area contributed by atoms with Crippen molar-refractivity contribution in [3.05, 3.63) is 35.7 Å². The van der Waals surface area contributed by atoms with Crippen molar-refractivity contribution < 1.29 is 15.1 Å². The molecule has 1 aromatic carbocycles. The highest BCUT2D eigenvalue weighted by atomic mass is 16.5. The van der Waals surface area contributed by atoms with Gasteiger partial charge in [-0.1, -0.05) is 26.3 Å². The molecule has 28 heavy (non-hydrogen) atoms. The highest BCUT2D eigenvalue weighted by Gasteiger charge is 2.12. The number of nitrogens with one attached hydrogen (secondary N) is 1. The number of aromatic nitrogens is 2. The monoisotopic (exact) mass is 388 g/mol. The fourth-order valence-corrected chi connectivity index (χ4v) is 3.25. The molecule has 0 aliphatic rings. The topological polar surface area (TPSA) is 90.6 Å². The molecule has 2 aromatic rings. The smallest absolute Gasteiger partial charge is 0.267 e. The molecule has 0 unspecified atom stereocenters. The van der Waals surface area contributed by atoms with Gasteiger partial charge in [0.1, 0.15) is 5.82 Å². The average Bonchev–Trinajstić information content (AvgIpc) is 3.07. The Morgan fingerprint density at radius 2 is 2.11 bits per heavy atom. The number of aliphatic hydroxyl groups excluding tert-OH is 1. The van der Waals surface area contributed by atoms with Crippen molar-refractivity contribution in [2.24, 2.45) is 0 Å². The third-order valence-corrected chi connectivity index (χ3v) is 4.86. The number of carbonyl (C=O) groups is 1. The molecular weight excluding hydrogens is 356 g/mol. The van der Waals surface area contributed by atoms with Crippen molar-refractivity contribution in [2.45, 2.75) is 46.1 Å². The van der Waals surface area contributed by atoms with Gasteiger partial charge in [-0.25, -0.2) is 10.5 Å². The minimum absolute atomic E-state index is 0.219. The molecule has 1 heterocycles. The van der Waals surface area contributed by atoms with E-state index in [0.717, 1.165) is 74.3 Å². The SMILES string of the molecule is CCCCc1nc2cc(/C=C/C(=O)NO)ccc2n1CCN(CC)CCCO. The van der Waals surface area contributed by atoms with Crippen LogP contribution in [0.1, 0.15) is 44.5 Å². The quantitative estimate of drug-likeness (QED) is 0.295. The van der Waals surface area contributed by atoms with Gasteiger partial charge in [0.25, 0.3) is 5.91 Å². The Hall–Kier alpha value is -2.22. The van der Waals surface area contributed by atoms with Crippen molar-refractivity contribution in [2.75, 3.05) is 26.2 Å². The maximum atomic E-state index is 11.2. The average molecular weight is 389 g/mol. The maximum absolute atomic E-state index is 11.2. The molecular formula is C21H32N4O3. The molecule has 0 saturated carbocycles. The van der Waals surface area contributed by atoms with Crippen LogP contribution in [0.15, 0.2) is 24.3 Å². The minimum atomic E-state index is -0.559. The molecule has 0 radical (unpaired) electrons. The van der Waals surface area contributed by atoms with E-state index in [1.165, 1.54) is 6.08 Å². The molecule has 0 saturated heterocycles. The van der Waals surface area contributed by atoms with Crippen LogP contribution in [-0.2, 0) is 17.8 Å². The second-order valence-corrected chi connectivity index (χ2v) is 6.85. The zero-order valence-corrected chi connectivity index (χ0v) is 16.9. The van der Waals surface area contributed by atoms with E-state index in [0.29, 0.717) is 0 Å². The van der Waals surface area contributed by atoms with Gasteiger partial charge in [0.15, 0.2) is 0 Å². The van der Waals surface area contributed by atoms with E-state index < -0.39 is 5.91 Å². The lowest BCUT2D eigenvalue weighted by atomic mass is 10.2. The highest BCUT2D eigenvalue weighted by molar-refractivity contribution is 5.91. The lowest BCUT2D eigenvalue weighted by Gasteiger charge is -2.21. The number of amides is 1. The molecule has 0 spiro atoms. The molecule has 0 bridgehead atoms. The number of hydrogen-bond donors (Lipinski definition) is 3. The summed E-state index contributed by atoms with van der Waals surface area (Å²) >= 11 is 0. The number of likely N-dealkylation sites (N-methyl/N-ethyl adjacent to an activating group) is 1. The highest BCUT2D eigenvalue weighted by Crippen LogP contribution is 2.20. The normalized spacial score (nSPS) is 11.8. The maximum Gasteiger partial charge on any atom is 0.267 e. The second kappa shape index (κ2) is 11.6. The Kier molecular flexibility index (Phi) is 9.13. The lowest BCUT2D eigenvalue weighted by molar-refractivity contribution is -0.124. The van der Waals surface area contributed by atoms with Crippen molar-refractivity contribution in [3.63, 3.8) is 0 Å². The first-order valence-corrected chi connectivity index (χ1v) is 10.1. The molecule has 1 amide bonds. The van der Waals surface area contributed by atoms with Gasteiger partial charge in [0.05, 0.1) is 11.0 Å². The van der Waals surface area contributed by atoms with Gasteiger partial charge < -0.3 is 14.6 Å². The standard InChI is InChI=1S/C21H32N4O3/c1-3-5-7-20-22-18-16-17(9-11-21(27)23-28)8-10-19(18)25(20)14-13-24(4-2)12-6-15-26/h8-11,16,26,28H,3-7,12-15H2,1-2H3,(H,23,27)/b11-9+. The number of nitrogens with zero attached hydrogens (tertiary/aromatic N) is 3. The van der Waals surface area contributed by atoms with Gasteiger partial charge in [0, 0.05) is 38.7 Å². The number of hydroxylamine groups is 1. The summed E-state index contributed by atoms with van der Waals surface area (Å²) in [6, 6.07) is 5.96. The Balaban J connectivity index is 2.25. The molecule has 0 aliphatic heterocycles. The lowest BCUT2D eigenvalue weighted by Crippen LogP contribution is -2.29. The van der Waals surface area contributed by atoms with Crippen LogP contribution in [0.25, 0.3) is 17.1 Å². The van der Waals surface area contributed by atoms with Crippen LogP contribution in [0.2, 0.25) is 0 Å². The summed E-state index contributed by atoms with van der Waals surface area (Å²) in [7, 11) is 0. The molecule has 0 fully saturated rings. The molecule has 0 atom stereocenters. The first-order valence-electron chi connectivity index (χ1n) is 10.1. The molecule has 1 aromatic heterocycles. The second-order valence-electron chi connectivity index (χ2n) is 6.85. The van der Waals surface area contributed by atoms with Crippen molar-refractivity contribution >= 4 is 23.0 Å². The Morgan fingerprint density at radius 1 is 1.29 bits per heavy atom. The van der Waals surface area contributed by atoms with Gasteiger partial charge in [-0.3, -0.25) is 10.0 Å². The summed E-state index contributed by atoms with van der Waals surface area (Å²) in [6.07, 6.45) is 6.88. The molecule has 3 N–H and O–H groups in total. The minimum Gasteiger partial charge on any atom is -0.396 e. The molecule has 2 rings (SSSR count). The van der Waals surface area contributed by atoms with E-state index in [-0.39, 0.29) is 6.61 Å². The number of rotatable bonds is 12. The van der Waals surface area contributed by atoms with Crippen molar-refractivity contribution in [3.8, 4) is 0 Å². The van der Waals surface area contributed by atoms with Crippen molar-refractivity contribution in [1.29, 1.82) is 0 Å². The number of carbonyl (C=O) groups excluding carboxylic acids is 1. The summed E-state index contributed by atoms with van der Waals surface area (Å²) in [6.45, 7) is 8.16. The number of aliphatic hydroxyl groups is 1. The molecule has 0 aliphatic carbocycles. The largest absolute Gasteiger partial charge is 0.396 e. The molecule has 154 valence electrons. The van der Waals surface area contributed by atoms with Gasteiger partial charge >= 0.3 is 0 Å². The fraction of sp³-hybridized carbons (Fsp3) is 0.524. The van der Waals surface area contributed by atoms with Gasteiger partial charge in [-0.05, 0) is 43.2 Å². The number of aryl methyl sites for hydroxylation is 1. The number of benzene rings is 1. The van der Waals surface area contributed by atoms with Crippen LogP contribution in [0.4, 0.5) is 0 Å². The Bertz CT molecular complexity index is 785. The van der Waals surface area contributed by atoms with E-state index in [1.54, 1.807) is 11.6 Å². The van der Waals surface area contributed by atoms with E-state index in [4.69, 9.17) is 15.3 Å². The number of imidazole rings is 1. The molecule has 7 nitrogen and oxygen atoms in total. The van der Waals surface area contributed by atoms with Crippen LogP contribution in [0.5, 0.6) is 0 Å². The third-order valence-electron chi connectivity index (χ3n) is 4.86. The van der Waals surface area contributed by atoms with E-state index in [1.807, 2.05) is 18.2 Å². The number of fused-ring (bicyclic) bond motifs is 1. The number of unbranched alkanes of at least 4 members (excludes halogenated alkanes) is 1. The van der Waals surface area contributed by atoms with Crippen LogP contribution in [0.3, 0.4) is 0 Å². The molecule has 7 heteroatoms. The first-order chi connectivity index (χ1) is 13.6. The zero-order valence-electron chi connectivity index (χ0n) is 16.9.